The van der Waals surface area contributed by atoms with Crippen molar-refractivity contribution in [1.29, 1.82) is 0 Å². The van der Waals surface area contributed by atoms with E-state index in [2.05, 4.69) is 15.5 Å². The van der Waals surface area contributed by atoms with E-state index in [-0.39, 0.29) is 0 Å². The molecular formula is C17H19ClN4O. The lowest BCUT2D eigenvalue weighted by molar-refractivity contribution is 0.0905. The summed E-state index contributed by atoms with van der Waals surface area (Å²) in [5.41, 5.74) is 4.85. The van der Waals surface area contributed by atoms with Crippen LogP contribution in [0.2, 0.25) is 5.02 Å². The summed E-state index contributed by atoms with van der Waals surface area (Å²) < 4.78 is 5.47. The first-order valence-electron chi connectivity index (χ1n) is 7.92. The van der Waals surface area contributed by atoms with Crippen molar-refractivity contribution in [2.24, 2.45) is 0 Å². The van der Waals surface area contributed by atoms with E-state index in [4.69, 9.17) is 21.3 Å². The Hall–Kier alpha value is -1.85. The molecule has 2 N–H and O–H groups in total. The van der Waals surface area contributed by atoms with Gasteiger partial charge in [-0.3, -0.25) is 5.10 Å². The Balaban J connectivity index is 1.97. The van der Waals surface area contributed by atoms with Gasteiger partial charge in [-0.25, -0.2) is 4.98 Å². The SMILES string of the molecule is Cc1cc(Cl)cc2c(NC3CCOCC3)c3c(C)[nH]nc3nc12. The second-order valence-electron chi connectivity index (χ2n) is 6.18. The molecule has 3 heterocycles. The van der Waals surface area contributed by atoms with E-state index in [0.29, 0.717) is 6.04 Å². The lowest BCUT2D eigenvalue weighted by Crippen LogP contribution is -2.28. The molecule has 120 valence electrons. The number of aryl methyl sites for hydroxylation is 2. The molecule has 1 aliphatic heterocycles. The van der Waals surface area contributed by atoms with Crippen molar-refractivity contribution in [1.82, 2.24) is 15.2 Å². The first kappa shape index (κ1) is 14.7. The molecule has 2 aromatic heterocycles. The number of nitrogens with zero attached hydrogens (tertiary/aromatic N) is 2. The van der Waals surface area contributed by atoms with Crippen LogP contribution in [0.15, 0.2) is 12.1 Å². The summed E-state index contributed by atoms with van der Waals surface area (Å²) in [6.07, 6.45) is 2.00. The van der Waals surface area contributed by atoms with Crippen molar-refractivity contribution in [2.75, 3.05) is 18.5 Å². The van der Waals surface area contributed by atoms with Crippen LogP contribution in [0.5, 0.6) is 0 Å². The minimum atomic E-state index is 0.395. The zero-order valence-electron chi connectivity index (χ0n) is 13.2. The first-order chi connectivity index (χ1) is 11.1. The van der Waals surface area contributed by atoms with Crippen LogP contribution in [0.1, 0.15) is 24.1 Å². The van der Waals surface area contributed by atoms with Gasteiger partial charge in [0.1, 0.15) is 0 Å². The van der Waals surface area contributed by atoms with Gasteiger partial charge >= 0.3 is 0 Å². The van der Waals surface area contributed by atoms with Crippen LogP contribution in [-0.4, -0.2) is 34.4 Å². The van der Waals surface area contributed by atoms with Gasteiger partial charge in [0.05, 0.1) is 16.6 Å². The molecule has 23 heavy (non-hydrogen) atoms. The number of H-pyrrole nitrogens is 1. The Morgan fingerprint density at radius 2 is 2.04 bits per heavy atom. The predicted octanol–water partition coefficient (Wildman–Crippen LogP) is 3.97. The van der Waals surface area contributed by atoms with Crippen LogP contribution in [0.3, 0.4) is 0 Å². The largest absolute Gasteiger partial charge is 0.381 e. The number of halogens is 1. The van der Waals surface area contributed by atoms with Crippen molar-refractivity contribution in [3.63, 3.8) is 0 Å². The number of pyridine rings is 1. The lowest BCUT2D eigenvalue weighted by Gasteiger charge is -2.25. The van der Waals surface area contributed by atoms with Gasteiger partial charge in [-0.1, -0.05) is 11.6 Å². The second kappa shape index (κ2) is 5.65. The van der Waals surface area contributed by atoms with E-state index in [1.54, 1.807) is 0 Å². The number of hydrogen-bond acceptors (Lipinski definition) is 4. The van der Waals surface area contributed by atoms with Crippen LogP contribution >= 0.6 is 11.6 Å². The Bertz CT molecular complexity index is 883. The van der Waals surface area contributed by atoms with Crippen LogP contribution in [0.4, 0.5) is 5.69 Å². The minimum absolute atomic E-state index is 0.395. The number of aromatic nitrogens is 3. The number of benzene rings is 1. The van der Waals surface area contributed by atoms with E-state index < -0.39 is 0 Å². The molecule has 0 spiro atoms. The standard InChI is InChI=1S/C17H19ClN4O/c1-9-7-11(18)8-13-15(9)20-17-14(10(2)21-22-17)16(13)19-12-3-5-23-6-4-12/h7-8,12H,3-6H2,1-2H3,(H2,19,20,21,22). The number of hydrogen-bond donors (Lipinski definition) is 2. The maximum atomic E-state index is 6.30. The molecule has 0 bridgehead atoms. The molecule has 0 saturated carbocycles. The summed E-state index contributed by atoms with van der Waals surface area (Å²) in [4.78, 5) is 4.73. The zero-order chi connectivity index (χ0) is 16.0. The Labute approximate surface area is 139 Å². The van der Waals surface area contributed by atoms with Gasteiger partial charge in [0.25, 0.3) is 0 Å². The van der Waals surface area contributed by atoms with E-state index in [9.17, 15) is 0 Å². The normalized spacial score (nSPS) is 16.3. The van der Waals surface area contributed by atoms with Crippen molar-refractivity contribution >= 4 is 39.2 Å². The minimum Gasteiger partial charge on any atom is -0.381 e. The number of fused-ring (bicyclic) bond motifs is 2. The average Bonchev–Trinajstić information content (AvgIpc) is 2.90. The van der Waals surface area contributed by atoms with Gasteiger partial charge < -0.3 is 10.1 Å². The molecular weight excluding hydrogens is 312 g/mol. The monoisotopic (exact) mass is 330 g/mol. The highest BCUT2D eigenvalue weighted by molar-refractivity contribution is 6.31. The Morgan fingerprint density at radius 1 is 1.26 bits per heavy atom. The van der Waals surface area contributed by atoms with E-state index in [1.165, 1.54) is 0 Å². The third-order valence-corrected chi connectivity index (χ3v) is 4.72. The van der Waals surface area contributed by atoms with Crippen molar-refractivity contribution in [3.8, 4) is 0 Å². The summed E-state index contributed by atoms with van der Waals surface area (Å²) in [7, 11) is 0. The van der Waals surface area contributed by atoms with Crippen LogP contribution in [-0.2, 0) is 4.74 Å². The summed E-state index contributed by atoms with van der Waals surface area (Å²) in [5, 5.41) is 13.9. The number of rotatable bonds is 2. The number of anilines is 1. The molecule has 0 atom stereocenters. The molecule has 0 unspecified atom stereocenters. The van der Waals surface area contributed by atoms with Crippen LogP contribution in [0, 0.1) is 13.8 Å². The zero-order valence-corrected chi connectivity index (χ0v) is 14.0. The van der Waals surface area contributed by atoms with Gasteiger partial charge in [0.2, 0.25) is 0 Å². The molecule has 1 aliphatic rings. The van der Waals surface area contributed by atoms with Crippen LogP contribution in [0.25, 0.3) is 21.9 Å². The lowest BCUT2D eigenvalue weighted by atomic mass is 10.0. The highest BCUT2D eigenvalue weighted by atomic mass is 35.5. The molecule has 3 aromatic rings. The van der Waals surface area contributed by atoms with E-state index in [1.807, 2.05) is 26.0 Å². The van der Waals surface area contributed by atoms with Gasteiger partial charge in [0.15, 0.2) is 5.65 Å². The smallest absolute Gasteiger partial charge is 0.183 e. The Morgan fingerprint density at radius 3 is 2.83 bits per heavy atom. The number of aromatic amines is 1. The quantitative estimate of drug-likeness (QED) is 0.746. The molecule has 0 aliphatic carbocycles. The third kappa shape index (κ3) is 2.54. The fraction of sp³-hybridized carbons (Fsp3) is 0.412. The maximum absolute atomic E-state index is 6.30. The topological polar surface area (TPSA) is 62.8 Å². The van der Waals surface area contributed by atoms with Crippen molar-refractivity contribution in [2.45, 2.75) is 32.7 Å². The summed E-state index contributed by atoms with van der Waals surface area (Å²) >= 11 is 6.30. The van der Waals surface area contributed by atoms with Gasteiger partial charge in [-0.05, 0) is 44.4 Å². The summed E-state index contributed by atoms with van der Waals surface area (Å²) in [6, 6.07) is 4.33. The molecule has 6 heteroatoms. The van der Waals surface area contributed by atoms with E-state index in [0.717, 1.165) is 70.0 Å². The molecule has 0 amide bonds. The fourth-order valence-corrected chi connectivity index (χ4v) is 3.58. The molecule has 1 fully saturated rings. The van der Waals surface area contributed by atoms with Gasteiger partial charge in [-0.15, -0.1) is 0 Å². The molecule has 0 radical (unpaired) electrons. The number of ether oxygens (including phenoxy) is 1. The highest BCUT2D eigenvalue weighted by Gasteiger charge is 2.20. The third-order valence-electron chi connectivity index (χ3n) is 4.50. The van der Waals surface area contributed by atoms with Crippen molar-refractivity contribution in [3.05, 3.63) is 28.4 Å². The maximum Gasteiger partial charge on any atom is 0.183 e. The summed E-state index contributed by atoms with van der Waals surface area (Å²) in [6.45, 7) is 5.65. The predicted molar refractivity (Wildman–Crippen MR) is 93.3 cm³/mol. The first-order valence-corrected chi connectivity index (χ1v) is 8.30. The second-order valence-corrected chi connectivity index (χ2v) is 6.62. The molecule has 1 aromatic carbocycles. The highest BCUT2D eigenvalue weighted by Crippen LogP contribution is 2.36. The summed E-state index contributed by atoms with van der Waals surface area (Å²) in [5.74, 6) is 0. The van der Waals surface area contributed by atoms with Crippen LogP contribution < -0.4 is 5.32 Å². The fourth-order valence-electron chi connectivity index (χ4n) is 3.31. The average molecular weight is 331 g/mol. The van der Waals surface area contributed by atoms with E-state index >= 15 is 0 Å². The van der Waals surface area contributed by atoms with Gasteiger partial charge in [-0.2, -0.15) is 5.10 Å². The molecule has 4 rings (SSSR count). The number of nitrogens with one attached hydrogen (secondary N) is 2. The van der Waals surface area contributed by atoms with Crippen molar-refractivity contribution < 1.29 is 4.74 Å². The van der Waals surface area contributed by atoms with Gasteiger partial charge in [0, 0.05) is 35.4 Å². The molecule has 5 nitrogen and oxygen atoms in total. The molecule has 1 saturated heterocycles. The Kier molecular flexibility index (Phi) is 3.62.